The fourth-order valence-corrected chi connectivity index (χ4v) is 3.23. The Morgan fingerprint density at radius 3 is 2.65 bits per heavy atom. The molecule has 0 aromatic heterocycles. The van der Waals surface area contributed by atoms with Crippen molar-refractivity contribution < 1.29 is 4.39 Å². The van der Waals surface area contributed by atoms with Crippen molar-refractivity contribution in [1.82, 2.24) is 4.90 Å². The monoisotopic (exact) mass is 234 g/mol. The predicted molar refractivity (Wildman–Crippen MR) is 65.9 cm³/mol. The van der Waals surface area contributed by atoms with Crippen molar-refractivity contribution >= 4 is 0 Å². The Balaban J connectivity index is 1.67. The van der Waals surface area contributed by atoms with Gasteiger partial charge < -0.3 is 5.73 Å². The van der Waals surface area contributed by atoms with E-state index in [1.54, 1.807) is 6.07 Å². The number of halogens is 1. The third-order valence-electron chi connectivity index (χ3n) is 4.35. The first-order valence-electron chi connectivity index (χ1n) is 6.41. The zero-order valence-electron chi connectivity index (χ0n) is 10.1. The van der Waals surface area contributed by atoms with Crippen molar-refractivity contribution in [3.63, 3.8) is 0 Å². The first-order chi connectivity index (χ1) is 8.22. The standard InChI is InChI=1S/C14H19FN2/c15-13-4-1-3-11(12(13)7-16)8-17-9-14(10-17)5-2-6-14/h1,3-4H,2,5-10,16H2. The number of nitrogens with two attached hydrogens (primary N) is 1. The van der Waals surface area contributed by atoms with Gasteiger partial charge >= 0.3 is 0 Å². The molecule has 0 atom stereocenters. The van der Waals surface area contributed by atoms with Gasteiger partial charge in [0, 0.05) is 31.7 Å². The lowest BCUT2D eigenvalue weighted by atomic mass is 9.63. The number of hydrogen-bond acceptors (Lipinski definition) is 2. The minimum absolute atomic E-state index is 0.163. The van der Waals surface area contributed by atoms with E-state index in [1.165, 1.54) is 38.4 Å². The van der Waals surface area contributed by atoms with Gasteiger partial charge in [-0.05, 0) is 29.9 Å². The maximum absolute atomic E-state index is 13.6. The summed E-state index contributed by atoms with van der Waals surface area (Å²) in [6, 6.07) is 5.27. The van der Waals surface area contributed by atoms with Crippen LogP contribution in [0.4, 0.5) is 4.39 Å². The first-order valence-corrected chi connectivity index (χ1v) is 6.41. The molecular weight excluding hydrogens is 215 g/mol. The number of benzene rings is 1. The van der Waals surface area contributed by atoms with Gasteiger partial charge in [-0.3, -0.25) is 4.90 Å². The smallest absolute Gasteiger partial charge is 0.128 e. The van der Waals surface area contributed by atoms with Gasteiger partial charge in [-0.1, -0.05) is 18.6 Å². The lowest BCUT2D eigenvalue weighted by Gasteiger charge is -2.56. The van der Waals surface area contributed by atoms with Gasteiger partial charge in [0.25, 0.3) is 0 Å². The summed E-state index contributed by atoms with van der Waals surface area (Å²) in [5.74, 6) is -0.163. The van der Waals surface area contributed by atoms with Crippen molar-refractivity contribution in [2.24, 2.45) is 11.1 Å². The fourth-order valence-electron chi connectivity index (χ4n) is 3.23. The van der Waals surface area contributed by atoms with Crippen LogP contribution in [0.2, 0.25) is 0 Å². The van der Waals surface area contributed by atoms with Crippen molar-refractivity contribution in [3.8, 4) is 0 Å². The van der Waals surface area contributed by atoms with E-state index in [1.807, 2.05) is 6.07 Å². The van der Waals surface area contributed by atoms with Gasteiger partial charge in [0.1, 0.15) is 5.82 Å². The van der Waals surface area contributed by atoms with Crippen LogP contribution in [0.1, 0.15) is 30.4 Å². The highest BCUT2D eigenvalue weighted by Crippen LogP contribution is 2.48. The predicted octanol–water partition coefficient (Wildman–Crippen LogP) is 2.27. The Morgan fingerprint density at radius 2 is 2.06 bits per heavy atom. The Kier molecular flexibility index (Phi) is 2.68. The van der Waals surface area contributed by atoms with Crippen LogP contribution >= 0.6 is 0 Å². The molecule has 2 nitrogen and oxygen atoms in total. The molecule has 92 valence electrons. The Labute approximate surface area is 102 Å². The minimum atomic E-state index is -0.163. The molecule has 1 spiro atoms. The van der Waals surface area contributed by atoms with E-state index in [0.29, 0.717) is 17.5 Å². The van der Waals surface area contributed by atoms with Crippen LogP contribution in [-0.2, 0) is 13.1 Å². The molecule has 1 aliphatic heterocycles. The third-order valence-corrected chi connectivity index (χ3v) is 4.35. The molecule has 1 aromatic rings. The molecule has 1 aromatic carbocycles. The average molecular weight is 234 g/mol. The second-order valence-electron chi connectivity index (χ2n) is 5.58. The van der Waals surface area contributed by atoms with E-state index >= 15 is 0 Å². The molecule has 0 bridgehead atoms. The van der Waals surface area contributed by atoms with Crippen LogP contribution < -0.4 is 5.73 Å². The fraction of sp³-hybridized carbons (Fsp3) is 0.571. The maximum Gasteiger partial charge on any atom is 0.128 e. The number of rotatable bonds is 3. The summed E-state index contributed by atoms with van der Waals surface area (Å²) in [6.45, 7) is 3.52. The highest BCUT2D eigenvalue weighted by atomic mass is 19.1. The SMILES string of the molecule is NCc1c(F)cccc1CN1CC2(CCC2)C1. The topological polar surface area (TPSA) is 29.3 Å². The van der Waals surface area contributed by atoms with Crippen molar-refractivity contribution in [2.45, 2.75) is 32.4 Å². The van der Waals surface area contributed by atoms with Gasteiger partial charge in [-0.2, -0.15) is 0 Å². The summed E-state index contributed by atoms with van der Waals surface area (Å²) in [5, 5.41) is 0. The van der Waals surface area contributed by atoms with Crippen LogP contribution in [0.25, 0.3) is 0 Å². The summed E-state index contributed by atoms with van der Waals surface area (Å²) in [5.41, 5.74) is 7.99. The van der Waals surface area contributed by atoms with Gasteiger partial charge in [0.2, 0.25) is 0 Å². The zero-order chi connectivity index (χ0) is 11.9. The van der Waals surface area contributed by atoms with E-state index in [2.05, 4.69) is 4.90 Å². The van der Waals surface area contributed by atoms with Crippen LogP contribution in [-0.4, -0.2) is 18.0 Å². The molecule has 1 heterocycles. The first kappa shape index (κ1) is 11.2. The van der Waals surface area contributed by atoms with Crippen LogP contribution in [0.5, 0.6) is 0 Å². The number of nitrogens with zero attached hydrogens (tertiary/aromatic N) is 1. The molecule has 17 heavy (non-hydrogen) atoms. The van der Waals surface area contributed by atoms with Gasteiger partial charge in [-0.25, -0.2) is 4.39 Å². The molecule has 0 radical (unpaired) electrons. The molecule has 2 fully saturated rings. The number of likely N-dealkylation sites (tertiary alicyclic amines) is 1. The molecule has 3 heteroatoms. The van der Waals surface area contributed by atoms with Crippen LogP contribution in [0.3, 0.4) is 0 Å². The lowest BCUT2D eigenvalue weighted by Crippen LogP contribution is -2.59. The van der Waals surface area contributed by atoms with E-state index in [0.717, 1.165) is 12.1 Å². The van der Waals surface area contributed by atoms with Crippen molar-refractivity contribution in [1.29, 1.82) is 0 Å². The Hall–Kier alpha value is -0.930. The summed E-state index contributed by atoms with van der Waals surface area (Å²) in [7, 11) is 0. The quantitative estimate of drug-likeness (QED) is 0.869. The van der Waals surface area contributed by atoms with Gasteiger partial charge in [-0.15, -0.1) is 0 Å². The summed E-state index contributed by atoms with van der Waals surface area (Å²) >= 11 is 0. The van der Waals surface area contributed by atoms with E-state index in [-0.39, 0.29) is 5.82 Å². The summed E-state index contributed by atoms with van der Waals surface area (Å²) in [6.07, 6.45) is 4.16. The molecule has 2 N–H and O–H groups in total. The zero-order valence-corrected chi connectivity index (χ0v) is 10.1. The molecular formula is C14H19FN2. The molecule has 1 aliphatic carbocycles. The summed E-state index contributed by atoms with van der Waals surface area (Å²) < 4.78 is 13.6. The van der Waals surface area contributed by atoms with Crippen molar-refractivity contribution in [2.75, 3.05) is 13.1 Å². The highest BCUT2D eigenvalue weighted by Gasteiger charge is 2.46. The highest BCUT2D eigenvalue weighted by molar-refractivity contribution is 5.29. The maximum atomic E-state index is 13.6. The van der Waals surface area contributed by atoms with E-state index in [9.17, 15) is 4.39 Å². The number of hydrogen-bond donors (Lipinski definition) is 1. The minimum Gasteiger partial charge on any atom is -0.326 e. The Bertz CT molecular complexity index is 418. The van der Waals surface area contributed by atoms with Crippen molar-refractivity contribution in [3.05, 3.63) is 35.1 Å². The normalized spacial score (nSPS) is 22.2. The van der Waals surface area contributed by atoms with E-state index in [4.69, 9.17) is 5.73 Å². The van der Waals surface area contributed by atoms with Gasteiger partial charge in [0.15, 0.2) is 0 Å². The molecule has 0 unspecified atom stereocenters. The second kappa shape index (κ2) is 4.07. The molecule has 3 rings (SSSR count). The van der Waals surface area contributed by atoms with Gasteiger partial charge in [0.05, 0.1) is 0 Å². The third kappa shape index (κ3) is 1.87. The lowest BCUT2D eigenvalue weighted by molar-refractivity contribution is -0.0646. The summed E-state index contributed by atoms with van der Waals surface area (Å²) in [4.78, 5) is 2.41. The largest absolute Gasteiger partial charge is 0.326 e. The second-order valence-corrected chi connectivity index (χ2v) is 5.58. The molecule has 0 amide bonds. The van der Waals surface area contributed by atoms with E-state index < -0.39 is 0 Å². The molecule has 2 aliphatic rings. The Morgan fingerprint density at radius 1 is 1.29 bits per heavy atom. The van der Waals surface area contributed by atoms with Crippen LogP contribution in [0.15, 0.2) is 18.2 Å². The average Bonchev–Trinajstić information content (AvgIpc) is 2.20. The van der Waals surface area contributed by atoms with Crippen LogP contribution in [0, 0.1) is 11.2 Å². The molecule has 1 saturated heterocycles. The molecule has 1 saturated carbocycles.